The van der Waals surface area contributed by atoms with Crippen LogP contribution in [-0.4, -0.2) is 23.0 Å². The smallest absolute Gasteiger partial charge is 0.311 e. The molecule has 7 heteroatoms. The van der Waals surface area contributed by atoms with Gasteiger partial charge in [-0.3, -0.25) is 4.68 Å². The average molecular weight is 368 g/mol. The van der Waals surface area contributed by atoms with Crippen LogP contribution in [0.25, 0.3) is 0 Å². The normalized spacial score (nSPS) is 25.0. The molecule has 1 unspecified atom stereocenters. The van der Waals surface area contributed by atoms with Crippen molar-refractivity contribution in [2.75, 3.05) is 7.05 Å². The van der Waals surface area contributed by atoms with E-state index in [0.717, 1.165) is 16.7 Å². The van der Waals surface area contributed by atoms with Crippen molar-refractivity contribution in [3.05, 3.63) is 16.4 Å². The Hall–Kier alpha value is -0.560. The minimum Gasteiger partial charge on any atom is -0.311 e. The summed E-state index contributed by atoms with van der Waals surface area (Å²) in [7, 11) is 1.86. The third-order valence-corrected chi connectivity index (χ3v) is 5.06. The second kappa shape index (κ2) is 6.69. The number of rotatable bonds is 4. The summed E-state index contributed by atoms with van der Waals surface area (Å²) >= 11 is 3.51. The van der Waals surface area contributed by atoms with E-state index >= 15 is 0 Å². The second-order valence-corrected chi connectivity index (χ2v) is 6.47. The third kappa shape index (κ3) is 3.62. The summed E-state index contributed by atoms with van der Waals surface area (Å²) in [5, 5.41) is 7.57. The molecule has 1 atom stereocenters. The summed E-state index contributed by atoms with van der Waals surface area (Å²) in [5.41, 5.74) is 1.04. The lowest BCUT2D eigenvalue weighted by molar-refractivity contribution is -0.184. The number of hydrogen-bond donors (Lipinski definition) is 1. The third-order valence-electron chi connectivity index (χ3n) is 4.44. The van der Waals surface area contributed by atoms with E-state index in [9.17, 15) is 13.2 Å². The second-order valence-electron chi connectivity index (χ2n) is 5.61. The van der Waals surface area contributed by atoms with Crippen LogP contribution in [0, 0.1) is 11.8 Å². The molecule has 21 heavy (non-hydrogen) atoms. The van der Waals surface area contributed by atoms with Crippen molar-refractivity contribution in [2.45, 2.75) is 51.4 Å². The number of alkyl halides is 3. The van der Waals surface area contributed by atoms with Crippen molar-refractivity contribution in [1.82, 2.24) is 15.1 Å². The number of nitrogens with one attached hydrogen (secondary N) is 1. The Morgan fingerprint density at radius 2 is 2.00 bits per heavy atom. The van der Waals surface area contributed by atoms with Gasteiger partial charge in [0, 0.05) is 6.54 Å². The molecule has 1 aliphatic rings. The first-order chi connectivity index (χ1) is 9.88. The molecule has 0 radical (unpaired) electrons. The number of hydrogen-bond acceptors (Lipinski definition) is 2. The molecule has 1 N–H and O–H groups in total. The Labute approximate surface area is 131 Å². The summed E-state index contributed by atoms with van der Waals surface area (Å²) in [5.74, 6) is -0.919. The zero-order chi connectivity index (χ0) is 15.6. The standard InChI is InChI=1S/C14H21BrF3N3/c1-3-21-13(11(15)8-20-21)12(19-2)9-4-6-10(7-5-9)14(16,17)18/h8-10,12,19H,3-7H2,1-2H3. The predicted molar refractivity (Wildman–Crippen MR) is 78.9 cm³/mol. The highest BCUT2D eigenvalue weighted by Crippen LogP contribution is 2.43. The number of nitrogens with zero attached hydrogens (tertiary/aromatic N) is 2. The van der Waals surface area contributed by atoms with E-state index < -0.39 is 12.1 Å². The molecule has 0 aliphatic heterocycles. The molecule has 1 aromatic heterocycles. The monoisotopic (exact) mass is 367 g/mol. The Kier molecular flexibility index (Phi) is 5.35. The summed E-state index contributed by atoms with van der Waals surface area (Å²) < 4.78 is 41.1. The zero-order valence-corrected chi connectivity index (χ0v) is 13.8. The molecule has 0 bridgehead atoms. The molecule has 1 saturated carbocycles. The van der Waals surface area contributed by atoms with Crippen LogP contribution >= 0.6 is 15.9 Å². The van der Waals surface area contributed by atoms with Gasteiger partial charge in [0.25, 0.3) is 0 Å². The first-order valence-corrected chi connectivity index (χ1v) is 8.13. The summed E-state index contributed by atoms with van der Waals surface area (Å²) in [6.07, 6.45) is -0.654. The Balaban J connectivity index is 2.11. The minimum absolute atomic E-state index is 0.0380. The molecule has 1 aliphatic carbocycles. The van der Waals surface area contributed by atoms with Crippen LogP contribution in [-0.2, 0) is 6.54 Å². The lowest BCUT2D eigenvalue weighted by atomic mass is 9.77. The fourth-order valence-electron chi connectivity index (χ4n) is 3.31. The molecule has 2 rings (SSSR count). The van der Waals surface area contributed by atoms with E-state index in [1.807, 2.05) is 18.7 Å². The first-order valence-electron chi connectivity index (χ1n) is 7.33. The lowest BCUT2D eigenvalue weighted by Gasteiger charge is -2.34. The highest BCUT2D eigenvalue weighted by molar-refractivity contribution is 9.10. The molecule has 3 nitrogen and oxygen atoms in total. The van der Waals surface area contributed by atoms with Crippen molar-refractivity contribution in [2.24, 2.45) is 11.8 Å². The van der Waals surface area contributed by atoms with Gasteiger partial charge >= 0.3 is 6.18 Å². The van der Waals surface area contributed by atoms with Crippen LogP contribution in [0.15, 0.2) is 10.7 Å². The van der Waals surface area contributed by atoms with Crippen LogP contribution in [0.1, 0.15) is 44.3 Å². The van der Waals surface area contributed by atoms with Gasteiger partial charge in [-0.05, 0) is 61.5 Å². The largest absolute Gasteiger partial charge is 0.391 e. The maximum atomic E-state index is 12.8. The maximum Gasteiger partial charge on any atom is 0.391 e. The van der Waals surface area contributed by atoms with Crippen LogP contribution in [0.3, 0.4) is 0 Å². The molecule has 120 valence electrons. The number of aryl methyl sites for hydroxylation is 1. The molecule has 0 spiro atoms. The summed E-state index contributed by atoms with van der Waals surface area (Å²) in [4.78, 5) is 0. The van der Waals surface area contributed by atoms with E-state index in [-0.39, 0.29) is 24.8 Å². The topological polar surface area (TPSA) is 29.9 Å². The summed E-state index contributed by atoms with van der Waals surface area (Å²) in [6.45, 7) is 2.76. The highest BCUT2D eigenvalue weighted by Gasteiger charge is 2.43. The Bertz CT molecular complexity index is 465. The number of halogens is 4. The van der Waals surface area contributed by atoms with E-state index in [2.05, 4.69) is 26.3 Å². The first kappa shape index (κ1) is 16.8. The molecule has 0 aromatic carbocycles. The minimum atomic E-state index is -4.05. The van der Waals surface area contributed by atoms with E-state index in [0.29, 0.717) is 12.8 Å². The van der Waals surface area contributed by atoms with Crippen LogP contribution in [0.4, 0.5) is 13.2 Å². The molecule has 0 amide bonds. The van der Waals surface area contributed by atoms with E-state index in [1.54, 1.807) is 6.20 Å². The van der Waals surface area contributed by atoms with Crippen molar-refractivity contribution in [3.8, 4) is 0 Å². The lowest BCUT2D eigenvalue weighted by Crippen LogP contribution is -2.34. The molecule has 0 saturated heterocycles. The molecule has 1 aromatic rings. The maximum absolute atomic E-state index is 12.8. The van der Waals surface area contributed by atoms with Gasteiger partial charge < -0.3 is 5.32 Å². The van der Waals surface area contributed by atoms with Gasteiger partial charge in [-0.15, -0.1) is 0 Å². The Morgan fingerprint density at radius 1 is 1.38 bits per heavy atom. The fourth-order valence-corrected chi connectivity index (χ4v) is 3.85. The van der Waals surface area contributed by atoms with Crippen molar-refractivity contribution >= 4 is 15.9 Å². The highest BCUT2D eigenvalue weighted by atomic mass is 79.9. The van der Waals surface area contributed by atoms with E-state index in [4.69, 9.17) is 0 Å². The van der Waals surface area contributed by atoms with Crippen LogP contribution in [0.2, 0.25) is 0 Å². The molecule has 1 heterocycles. The Morgan fingerprint density at radius 3 is 2.48 bits per heavy atom. The van der Waals surface area contributed by atoms with Crippen LogP contribution in [0.5, 0.6) is 0 Å². The average Bonchev–Trinajstić information content (AvgIpc) is 2.81. The van der Waals surface area contributed by atoms with Gasteiger partial charge in [-0.1, -0.05) is 0 Å². The fraction of sp³-hybridized carbons (Fsp3) is 0.786. The summed E-state index contributed by atoms with van der Waals surface area (Å²) in [6, 6.07) is 0.0380. The zero-order valence-electron chi connectivity index (χ0n) is 12.3. The van der Waals surface area contributed by atoms with Gasteiger partial charge in [0.15, 0.2) is 0 Å². The van der Waals surface area contributed by atoms with Gasteiger partial charge in [-0.25, -0.2) is 0 Å². The molecular weight excluding hydrogens is 347 g/mol. The van der Waals surface area contributed by atoms with Gasteiger partial charge in [0.2, 0.25) is 0 Å². The van der Waals surface area contributed by atoms with Gasteiger partial charge in [0.05, 0.1) is 28.3 Å². The van der Waals surface area contributed by atoms with Crippen LogP contribution < -0.4 is 5.32 Å². The molecular formula is C14H21BrF3N3. The van der Waals surface area contributed by atoms with Gasteiger partial charge in [-0.2, -0.15) is 18.3 Å². The molecule has 1 fully saturated rings. The SMILES string of the molecule is CCn1ncc(Br)c1C(NC)C1CCC(C(F)(F)F)CC1. The van der Waals surface area contributed by atoms with Crippen molar-refractivity contribution in [3.63, 3.8) is 0 Å². The number of aromatic nitrogens is 2. The van der Waals surface area contributed by atoms with Crippen molar-refractivity contribution in [1.29, 1.82) is 0 Å². The van der Waals surface area contributed by atoms with E-state index in [1.165, 1.54) is 0 Å². The quantitative estimate of drug-likeness (QED) is 0.859. The van der Waals surface area contributed by atoms with Gasteiger partial charge in [0.1, 0.15) is 0 Å². The van der Waals surface area contributed by atoms with Crippen molar-refractivity contribution < 1.29 is 13.2 Å². The predicted octanol–water partition coefficient (Wildman–Crippen LogP) is 4.29.